The first-order valence-electron chi connectivity index (χ1n) is 5.45. The van der Waals surface area contributed by atoms with Gasteiger partial charge in [0.05, 0.1) is 0 Å². The normalized spacial score (nSPS) is 24.1. The fourth-order valence-corrected chi connectivity index (χ4v) is 2.09. The summed E-state index contributed by atoms with van der Waals surface area (Å²) in [5.41, 5.74) is 5.48. The predicted molar refractivity (Wildman–Crippen MR) is 57.9 cm³/mol. The van der Waals surface area contributed by atoms with Crippen molar-refractivity contribution in [3.8, 4) is 0 Å². The van der Waals surface area contributed by atoms with E-state index < -0.39 is 0 Å². The van der Waals surface area contributed by atoms with Crippen LogP contribution in [0.2, 0.25) is 0 Å². The molecule has 0 aliphatic carbocycles. The first-order chi connectivity index (χ1) is 6.45. The van der Waals surface area contributed by atoms with E-state index in [2.05, 4.69) is 20.8 Å². The molecule has 1 atom stereocenters. The number of piperidine rings is 1. The molecule has 0 bridgehead atoms. The van der Waals surface area contributed by atoms with Gasteiger partial charge in [0.1, 0.15) is 0 Å². The number of nitrogens with zero attached hydrogens (tertiary/aromatic N) is 1. The number of carbonyl (C=O) groups is 1. The lowest BCUT2D eigenvalue weighted by Crippen LogP contribution is -2.49. The van der Waals surface area contributed by atoms with Crippen LogP contribution in [-0.4, -0.2) is 29.4 Å². The Morgan fingerprint density at radius 2 is 2.14 bits per heavy atom. The Morgan fingerprint density at radius 1 is 1.50 bits per heavy atom. The van der Waals surface area contributed by atoms with E-state index in [0.717, 1.165) is 19.4 Å². The molecule has 1 fully saturated rings. The lowest BCUT2D eigenvalue weighted by atomic mass is 9.90. The average molecular weight is 198 g/mol. The highest BCUT2D eigenvalue weighted by Gasteiger charge is 2.31. The molecule has 3 heteroatoms. The van der Waals surface area contributed by atoms with Crippen molar-refractivity contribution in [3.63, 3.8) is 0 Å². The summed E-state index contributed by atoms with van der Waals surface area (Å²) in [6.07, 6.45) is 2.79. The lowest BCUT2D eigenvalue weighted by Gasteiger charge is -2.40. The minimum atomic E-state index is -0.0230. The summed E-state index contributed by atoms with van der Waals surface area (Å²) in [6, 6.07) is 0. The topological polar surface area (TPSA) is 46.3 Å². The summed E-state index contributed by atoms with van der Waals surface area (Å²) in [5.74, 6) is 0.813. The molecule has 0 aromatic rings. The fraction of sp³-hybridized carbons (Fsp3) is 0.909. The SMILES string of the molecule is CC(C)(C)N1CCC(CCN)CC1=O. The van der Waals surface area contributed by atoms with E-state index >= 15 is 0 Å². The minimum Gasteiger partial charge on any atom is -0.338 e. The molecule has 1 heterocycles. The van der Waals surface area contributed by atoms with Crippen molar-refractivity contribution in [1.82, 2.24) is 4.90 Å². The van der Waals surface area contributed by atoms with Crippen LogP contribution in [0.3, 0.4) is 0 Å². The van der Waals surface area contributed by atoms with Gasteiger partial charge in [-0.15, -0.1) is 0 Å². The van der Waals surface area contributed by atoms with Crippen molar-refractivity contribution in [2.24, 2.45) is 11.7 Å². The highest BCUT2D eigenvalue weighted by Crippen LogP contribution is 2.26. The first kappa shape index (κ1) is 11.5. The third kappa shape index (κ3) is 2.71. The second kappa shape index (κ2) is 4.30. The molecule has 0 spiro atoms. The van der Waals surface area contributed by atoms with Gasteiger partial charge < -0.3 is 10.6 Å². The maximum absolute atomic E-state index is 11.8. The molecule has 1 saturated heterocycles. The molecular formula is C11H22N2O. The second-order valence-electron chi connectivity index (χ2n) is 5.15. The largest absolute Gasteiger partial charge is 0.338 e. The van der Waals surface area contributed by atoms with Crippen LogP contribution >= 0.6 is 0 Å². The Morgan fingerprint density at radius 3 is 2.57 bits per heavy atom. The predicted octanol–water partition coefficient (Wildman–Crippen LogP) is 1.37. The Labute approximate surface area is 86.6 Å². The van der Waals surface area contributed by atoms with Gasteiger partial charge in [-0.2, -0.15) is 0 Å². The molecule has 14 heavy (non-hydrogen) atoms. The molecule has 1 unspecified atom stereocenters. The maximum atomic E-state index is 11.8. The Kier molecular flexibility index (Phi) is 3.53. The van der Waals surface area contributed by atoms with Gasteiger partial charge in [0.2, 0.25) is 5.91 Å². The van der Waals surface area contributed by atoms with Gasteiger partial charge in [-0.05, 0) is 46.1 Å². The Bertz CT molecular complexity index is 208. The van der Waals surface area contributed by atoms with E-state index in [9.17, 15) is 4.79 Å². The van der Waals surface area contributed by atoms with Crippen molar-refractivity contribution < 1.29 is 4.79 Å². The maximum Gasteiger partial charge on any atom is 0.223 e. The summed E-state index contributed by atoms with van der Waals surface area (Å²) in [7, 11) is 0. The second-order valence-corrected chi connectivity index (χ2v) is 5.15. The smallest absolute Gasteiger partial charge is 0.223 e. The number of amides is 1. The van der Waals surface area contributed by atoms with Gasteiger partial charge in [0.15, 0.2) is 0 Å². The summed E-state index contributed by atoms with van der Waals surface area (Å²) in [4.78, 5) is 13.8. The summed E-state index contributed by atoms with van der Waals surface area (Å²) >= 11 is 0. The number of likely N-dealkylation sites (tertiary alicyclic amines) is 1. The molecule has 0 aromatic heterocycles. The molecule has 2 N–H and O–H groups in total. The van der Waals surface area contributed by atoms with Gasteiger partial charge in [0.25, 0.3) is 0 Å². The van der Waals surface area contributed by atoms with Crippen LogP contribution in [0.15, 0.2) is 0 Å². The number of hydrogen-bond donors (Lipinski definition) is 1. The van der Waals surface area contributed by atoms with E-state index in [1.807, 2.05) is 4.90 Å². The molecule has 1 rings (SSSR count). The number of carbonyl (C=O) groups excluding carboxylic acids is 1. The molecule has 0 saturated carbocycles. The van der Waals surface area contributed by atoms with Crippen molar-refractivity contribution in [2.75, 3.05) is 13.1 Å². The zero-order chi connectivity index (χ0) is 10.8. The summed E-state index contributed by atoms with van der Waals surface area (Å²) in [6.45, 7) is 7.87. The monoisotopic (exact) mass is 198 g/mol. The Balaban J connectivity index is 2.52. The third-order valence-electron chi connectivity index (χ3n) is 2.91. The van der Waals surface area contributed by atoms with Crippen LogP contribution in [0.4, 0.5) is 0 Å². The van der Waals surface area contributed by atoms with Crippen LogP contribution < -0.4 is 5.73 Å². The molecular weight excluding hydrogens is 176 g/mol. The van der Waals surface area contributed by atoms with Crippen LogP contribution in [0.1, 0.15) is 40.0 Å². The number of hydrogen-bond acceptors (Lipinski definition) is 2. The van der Waals surface area contributed by atoms with E-state index in [1.165, 1.54) is 0 Å². The van der Waals surface area contributed by atoms with Gasteiger partial charge in [-0.25, -0.2) is 0 Å². The van der Waals surface area contributed by atoms with Crippen molar-refractivity contribution in [1.29, 1.82) is 0 Å². The summed E-state index contributed by atoms with van der Waals surface area (Å²) < 4.78 is 0. The van der Waals surface area contributed by atoms with Crippen LogP contribution in [0.5, 0.6) is 0 Å². The van der Waals surface area contributed by atoms with Crippen LogP contribution in [0.25, 0.3) is 0 Å². The zero-order valence-corrected chi connectivity index (χ0v) is 9.55. The van der Waals surface area contributed by atoms with E-state index in [4.69, 9.17) is 5.73 Å². The van der Waals surface area contributed by atoms with Crippen LogP contribution in [0, 0.1) is 5.92 Å². The Hall–Kier alpha value is -0.570. The molecule has 82 valence electrons. The number of nitrogens with two attached hydrogens (primary N) is 1. The van der Waals surface area contributed by atoms with Gasteiger partial charge in [-0.1, -0.05) is 0 Å². The minimum absolute atomic E-state index is 0.0230. The molecule has 0 aromatic carbocycles. The van der Waals surface area contributed by atoms with Crippen LogP contribution in [-0.2, 0) is 4.79 Å². The lowest BCUT2D eigenvalue weighted by molar-refractivity contribution is -0.140. The molecule has 0 radical (unpaired) electrons. The van der Waals surface area contributed by atoms with Crippen molar-refractivity contribution >= 4 is 5.91 Å². The van der Waals surface area contributed by atoms with Crippen molar-refractivity contribution in [3.05, 3.63) is 0 Å². The highest BCUT2D eigenvalue weighted by atomic mass is 16.2. The molecule has 1 amide bonds. The third-order valence-corrected chi connectivity index (χ3v) is 2.91. The van der Waals surface area contributed by atoms with E-state index in [0.29, 0.717) is 24.8 Å². The van der Waals surface area contributed by atoms with Gasteiger partial charge >= 0.3 is 0 Å². The average Bonchev–Trinajstić information content (AvgIpc) is 2.02. The van der Waals surface area contributed by atoms with E-state index in [-0.39, 0.29) is 5.54 Å². The standard InChI is InChI=1S/C11H22N2O/c1-11(2,3)13-7-5-9(4-6-12)8-10(13)14/h9H,4-8,12H2,1-3H3. The van der Waals surface area contributed by atoms with Gasteiger partial charge in [-0.3, -0.25) is 4.79 Å². The fourth-order valence-electron chi connectivity index (χ4n) is 2.09. The first-order valence-corrected chi connectivity index (χ1v) is 5.45. The van der Waals surface area contributed by atoms with Crippen molar-refractivity contribution in [2.45, 2.75) is 45.6 Å². The molecule has 1 aliphatic rings. The number of rotatable bonds is 2. The zero-order valence-electron chi connectivity index (χ0n) is 9.55. The quantitative estimate of drug-likeness (QED) is 0.728. The highest BCUT2D eigenvalue weighted by molar-refractivity contribution is 5.77. The van der Waals surface area contributed by atoms with E-state index in [1.54, 1.807) is 0 Å². The molecule has 1 aliphatic heterocycles. The molecule has 3 nitrogen and oxygen atoms in total. The summed E-state index contributed by atoms with van der Waals surface area (Å²) in [5, 5.41) is 0. The van der Waals surface area contributed by atoms with Gasteiger partial charge in [0, 0.05) is 18.5 Å².